The molecule has 0 atom stereocenters. The van der Waals surface area contributed by atoms with Crippen molar-refractivity contribution in [2.24, 2.45) is 5.73 Å². The average molecular weight is 476 g/mol. The van der Waals surface area contributed by atoms with Gasteiger partial charge in [0.25, 0.3) is 0 Å². The minimum absolute atomic E-state index is 0.465. The van der Waals surface area contributed by atoms with Gasteiger partial charge in [-0.3, -0.25) is 0 Å². The van der Waals surface area contributed by atoms with E-state index in [1.807, 2.05) is 41.3 Å². The predicted molar refractivity (Wildman–Crippen MR) is 141 cm³/mol. The van der Waals surface area contributed by atoms with Crippen LogP contribution in [0.3, 0.4) is 0 Å². The van der Waals surface area contributed by atoms with Gasteiger partial charge in [-0.1, -0.05) is 91.0 Å². The second-order valence-corrected chi connectivity index (χ2v) is 8.57. The fourth-order valence-corrected chi connectivity index (χ4v) is 4.57. The highest BCUT2D eigenvalue weighted by Crippen LogP contribution is 2.40. The van der Waals surface area contributed by atoms with Crippen LogP contribution in [-0.4, -0.2) is 26.4 Å². The minimum Gasteiger partial charge on any atom is -0.478 e. The molecule has 0 bridgehead atoms. The minimum atomic E-state index is -0.655. The monoisotopic (exact) mass is 475 g/mol. The lowest BCUT2D eigenvalue weighted by atomic mass is 9.77. The van der Waals surface area contributed by atoms with E-state index in [4.69, 9.17) is 20.6 Å². The molecule has 2 N–H and O–H groups in total. The summed E-state index contributed by atoms with van der Waals surface area (Å²) in [5.74, 6) is 1.36. The molecule has 0 aliphatic rings. The van der Waals surface area contributed by atoms with Gasteiger partial charge in [-0.05, 0) is 34.7 Å². The van der Waals surface area contributed by atoms with Crippen molar-refractivity contribution < 1.29 is 4.74 Å². The smallest absolute Gasteiger partial charge is 0.213 e. The largest absolute Gasteiger partial charge is 0.478 e. The topological polar surface area (TPSA) is 78.9 Å². The molecule has 0 aliphatic heterocycles. The van der Waals surface area contributed by atoms with Gasteiger partial charge < -0.3 is 10.5 Å². The van der Waals surface area contributed by atoms with Crippen LogP contribution in [0.2, 0.25) is 0 Å². The molecule has 0 amide bonds. The van der Waals surface area contributed by atoms with Crippen molar-refractivity contribution in [3.63, 3.8) is 0 Å². The summed E-state index contributed by atoms with van der Waals surface area (Å²) in [5.41, 5.74) is 9.41. The Morgan fingerprint density at radius 3 is 1.89 bits per heavy atom. The van der Waals surface area contributed by atoms with E-state index < -0.39 is 5.54 Å². The molecule has 5 aromatic rings. The van der Waals surface area contributed by atoms with Crippen molar-refractivity contribution in [3.8, 4) is 5.88 Å². The van der Waals surface area contributed by atoms with Crippen LogP contribution in [-0.2, 0) is 18.5 Å². The number of aromatic nitrogens is 4. The zero-order valence-corrected chi connectivity index (χ0v) is 20.1. The summed E-state index contributed by atoms with van der Waals surface area (Å²) in [6.07, 6.45) is 5.03. The third-order valence-electron chi connectivity index (χ3n) is 6.29. The quantitative estimate of drug-likeness (QED) is 0.228. The number of ether oxygens (including phenoxy) is 1. The van der Waals surface area contributed by atoms with Crippen molar-refractivity contribution in [3.05, 3.63) is 144 Å². The van der Waals surface area contributed by atoms with Crippen LogP contribution in [0.1, 0.15) is 34.5 Å². The van der Waals surface area contributed by atoms with Crippen LogP contribution in [0.25, 0.3) is 0 Å². The molecular formula is C30H29N5O. The van der Waals surface area contributed by atoms with Crippen LogP contribution in [0.15, 0.2) is 116 Å². The van der Waals surface area contributed by atoms with Crippen LogP contribution in [0.5, 0.6) is 5.88 Å². The summed E-state index contributed by atoms with van der Waals surface area (Å²) < 4.78 is 7.82. The molecule has 0 saturated carbocycles. The second-order valence-electron chi connectivity index (χ2n) is 8.57. The van der Waals surface area contributed by atoms with Crippen molar-refractivity contribution in [1.82, 2.24) is 19.7 Å². The predicted octanol–water partition coefficient (Wildman–Crippen LogP) is 4.98. The number of pyridine rings is 1. The summed E-state index contributed by atoms with van der Waals surface area (Å²) in [7, 11) is 0. The highest BCUT2D eigenvalue weighted by atomic mass is 16.5. The van der Waals surface area contributed by atoms with Crippen molar-refractivity contribution >= 4 is 0 Å². The molecule has 2 heterocycles. The van der Waals surface area contributed by atoms with Crippen molar-refractivity contribution in [2.75, 3.05) is 6.61 Å². The molecule has 180 valence electrons. The van der Waals surface area contributed by atoms with Gasteiger partial charge in [0.2, 0.25) is 5.88 Å². The van der Waals surface area contributed by atoms with E-state index in [2.05, 4.69) is 77.8 Å². The van der Waals surface area contributed by atoms with Crippen molar-refractivity contribution in [1.29, 1.82) is 0 Å². The third-order valence-corrected chi connectivity index (χ3v) is 6.29. The fourth-order valence-electron chi connectivity index (χ4n) is 4.57. The van der Waals surface area contributed by atoms with E-state index in [1.54, 1.807) is 6.20 Å². The summed E-state index contributed by atoms with van der Waals surface area (Å²) in [5, 5.41) is 5.00. The second kappa shape index (κ2) is 11.0. The molecule has 6 nitrogen and oxygen atoms in total. The Kier molecular flexibility index (Phi) is 7.15. The van der Waals surface area contributed by atoms with Crippen LogP contribution < -0.4 is 10.5 Å². The number of aryl methyl sites for hydroxylation is 1. The van der Waals surface area contributed by atoms with Gasteiger partial charge in [-0.2, -0.15) is 5.10 Å². The Bertz CT molecular complexity index is 1270. The molecule has 0 unspecified atom stereocenters. The number of rotatable bonds is 10. The molecular weight excluding hydrogens is 446 g/mol. The number of nitrogens with zero attached hydrogens (tertiary/aromatic N) is 4. The Hall–Kier alpha value is -4.29. The van der Waals surface area contributed by atoms with Gasteiger partial charge >= 0.3 is 0 Å². The number of hydrogen-bond donors (Lipinski definition) is 1. The summed E-state index contributed by atoms with van der Waals surface area (Å²) in [4.78, 5) is 8.95. The zero-order chi connectivity index (χ0) is 24.6. The molecule has 0 spiro atoms. The maximum absolute atomic E-state index is 5.82. The van der Waals surface area contributed by atoms with Gasteiger partial charge in [-0.25, -0.2) is 14.6 Å². The maximum atomic E-state index is 5.82. The average Bonchev–Trinajstić information content (AvgIpc) is 3.42. The Labute approximate surface area is 211 Å². The van der Waals surface area contributed by atoms with Gasteiger partial charge in [0.05, 0.1) is 6.61 Å². The van der Waals surface area contributed by atoms with E-state index in [0.29, 0.717) is 25.5 Å². The number of nitrogens with two attached hydrogens (primary N) is 1. The molecule has 3 aromatic carbocycles. The van der Waals surface area contributed by atoms with Gasteiger partial charge in [0.1, 0.15) is 11.9 Å². The maximum Gasteiger partial charge on any atom is 0.213 e. The van der Waals surface area contributed by atoms with Crippen LogP contribution in [0.4, 0.5) is 0 Å². The standard InChI is InChI=1S/C30H29N5O/c31-22-24-18-19-32-29(21-24)36-20-10-17-28-33-23-35(34-28)30(25-11-4-1-5-12-25,26-13-6-2-7-14-26)27-15-8-3-9-16-27/h1-9,11-16,18-19,21,23H,10,17,20,22,31H2. The van der Waals surface area contributed by atoms with Crippen molar-refractivity contribution in [2.45, 2.75) is 24.9 Å². The van der Waals surface area contributed by atoms with Crippen LogP contribution in [0, 0.1) is 0 Å². The molecule has 0 saturated heterocycles. The molecule has 6 heteroatoms. The van der Waals surface area contributed by atoms with E-state index in [0.717, 1.165) is 34.5 Å². The summed E-state index contributed by atoms with van der Waals surface area (Å²) in [6, 6.07) is 35.2. The third kappa shape index (κ3) is 4.76. The number of benzene rings is 3. The number of hydrogen-bond acceptors (Lipinski definition) is 5. The van der Waals surface area contributed by atoms with E-state index >= 15 is 0 Å². The Morgan fingerprint density at radius 1 is 0.750 bits per heavy atom. The lowest BCUT2D eigenvalue weighted by Gasteiger charge is -2.35. The SMILES string of the molecule is NCc1ccnc(OCCCc2ncn(C(c3ccccc3)(c3ccccc3)c3ccccc3)n2)c1. The van der Waals surface area contributed by atoms with Gasteiger partial charge in [0, 0.05) is 25.2 Å². The first-order valence-electron chi connectivity index (χ1n) is 12.2. The first-order chi connectivity index (χ1) is 17.8. The Balaban J connectivity index is 1.45. The molecule has 0 radical (unpaired) electrons. The highest BCUT2D eigenvalue weighted by Gasteiger charge is 2.39. The van der Waals surface area contributed by atoms with Crippen LogP contribution >= 0.6 is 0 Å². The first-order valence-corrected chi connectivity index (χ1v) is 12.2. The molecule has 2 aromatic heterocycles. The Morgan fingerprint density at radius 2 is 1.33 bits per heavy atom. The molecule has 5 rings (SSSR count). The van der Waals surface area contributed by atoms with Gasteiger partial charge in [-0.15, -0.1) is 0 Å². The fraction of sp³-hybridized carbons (Fsp3) is 0.167. The molecule has 36 heavy (non-hydrogen) atoms. The lowest BCUT2D eigenvalue weighted by Crippen LogP contribution is -2.38. The summed E-state index contributed by atoms with van der Waals surface area (Å²) >= 11 is 0. The highest BCUT2D eigenvalue weighted by molar-refractivity contribution is 5.50. The van der Waals surface area contributed by atoms with Gasteiger partial charge in [0.15, 0.2) is 5.82 Å². The lowest BCUT2D eigenvalue weighted by molar-refractivity contribution is 0.297. The zero-order valence-electron chi connectivity index (χ0n) is 20.1. The van der Waals surface area contributed by atoms with E-state index in [1.165, 1.54) is 0 Å². The van der Waals surface area contributed by atoms with E-state index in [-0.39, 0.29) is 0 Å². The molecule has 0 fully saturated rings. The summed E-state index contributed by atoms with van der Waals surface area (Å²) in [6.45, 7) is 0.989. The normalized spacial score (nSPS) is 11.4. The first kappa shape index (κ1) is 23.5. The van der Waals surface area contributed by atoms with E-state index in [9.17, 15) is 0 Å². The molecule has 0 aliphatic carbocycles.